The van der Waals surface area contributed by atoms with Gasteiger partial charge in [0.25, 0.3) is 5.91 Å². The van der Waals surface area contributed by atoms with Crippen LogP contribution in [0.2, 0.25) is 0 Å². The van der Waals surface area contributed by atoms with Crippen LogP contribution in [0.3, 0.4) is 0 Å². The fourth-order valence-electron chi connectivity index (χ4n) is 2.65. The minimum Gasteiger partial charge on any atom is -0.350 e. The second kappa shape index (κ2) is 6.98. The zero-order valence-electron chi connectivity index (χ0n) is 12.6. The highest BCUT2D eigenvalue weighted by atomic mass is 32.1. The summed E-state index contributed by atoms with van der Waals surface area (Å²) in [7, 11) is 0. The first kappa shape index (κ1) is 15.1. The predicted molar refractivity (Wildman–Crippen MR) is 87.1 cm³/mol. The van der Waals surface area contributed by atoms with Crippen molar-refractivity contribution in [2.24, 2.45) is 0 Å². The number of amides is 1. The number of carbonyl (C=O) groups excluding carboxylic acids is 1. The number of hydrogen-bond acceptors (Lipinski definition) is 5. The van der Waals surface area contributed by atoms with Crippen molar-refractivity contribution >= 4 is 17.2 Å². The summed E-state index contributed by atoms with van der Waals surface area (Å²) in [4.78, 5) is 21.9. The van der Waals surface area contributed by atoms with E-state index < -0.39 is 0 Å². The van der Waals surface area contributed by atoms with Crippen molar-refractivity contribution in [3.8, 4) is 0 Å². The van der Waals surface area contributed by atoms with Crippen molar-refractivity contribution in [1.82, 2.24) is 20.6 Å². The van der Waals surface area contributed by atoms with Gasteiger partial charge in [-0.2, -0.15) is 0 Å². The van der Waals surface area contributed by atoms with Crippen LogP contribution in [-0.2, 0) is 6.42 Å². The standard InChI is InChI=1S/C16H20N4OS/c1-11-10-20-15(22-11)5-8-19-16(21)14-9-12(4-7-18-14)13-3-2-6-17-13/h4,7,9-10,13,17H,2-3,5-6,8H2,1H3,(H,19,21). The molecule has 6 heteroatoms. The van der Waals surface area contributed by atoms with Crippen LogP contribution in [0.4, 0.5) is 0 Å². The van der Waals surface area contributed by atoms with Crippen LogP contribution < -0.4 is 10.6 Å². The Labute approximate surface area is 134 Å². The van der Waals surface area contributed by atoms with Crippen LogP contribution in [0.5, 0.6) is 0 Å². The van der Waals surface area contributed by atoms with E-state index in [1.54, 1.807) is 17.5 Å². The molecule has 0 aliphatic carbocycles. The smallest absolute Gasteiger partial charge is 0.269 e. The average Bonchev–Trinajstić information content (AvgIpc) is 3.19. The molecule has 116 valence electrons. The molecule has 1 atom stereocenters. The molecule has 1 aliphatic heterocycles. The van der Waals surface area contributed by atoms with Gasteiger partial charge in [0.2, 0.25) is 0 Å². The maximum absolute atomic E-state index is 12.2. The van der Waals surface area contributed by atoms with Gasteiger partial charge in [-0.25, -0.2) is 4.98 Å². The monoisotopic (exact) mass is 316 g/mol. The molecule has 5 nitrogen and oxygen atoms in total. The number of pyridine rings is 1. The second-order valence-corrected chi connectivity index (χ2v) is 6.81. The van der Waals surface area contributed by atoms with E-state index in [0.717, 1.165) is 30.0 Å². The van der Waals surface area contributed by atoms with Crippen molar-refractivity contribution in [3.05, 3.63) is 45.7 Å². The first-order valence-corrected chi connectivity index (χ1v) is 8.43. The summed E-state index contributed by atoms with van der Waals surface area (Å²) in [5.74, 6) is -0.117. The molecule has 0 spiro atoms. The minimum atomic E-state index is -0.117. The van der Waals surface area contributed by atoms with E-state index in [1.165, 1.54) is 11.3 Å². The normalized spacial score (nSPS) is 17.6. The van der Waals surface area contributed by atoms with Gasteiger partial charge in [-0.1, -0.05) is 0 Å². The van der Waals surface area contributed by atoms with Gasteiger partial charge in [-0.3, -0.25) is 9.78 Å². The number of rotatable bonds is 5. The van der Waals surface area contributed by atoms with E-state index in [2.05, 4.69) is 20.6 Å². The lowest BCUT2D eigenvalue weighted by atomic mass is 10.1. The highest BCUT2D eigenvalue weighted by molar-refractivity contribution is 7.11. The van der Waals surface area contributed by atoms with Gasteiger partial charge in [0, 0.05) is 36.3 Å². The van der Waals surface area contributed by atoms with Crippen LogP contribution in [0.25, 0.3) is 0 Å². The maximum atomic E-state index is 12.2. The number of aromatic nitrogens is 2. The molecule has 22 heavy (non-hydrogen) atoms. The molecule has 2 aromatic rings. The van der Waals surface area contributed by atoms with Crippen molar-refractivity contribution < 1.29 is 4.79 Å². The van der Waals surface area contributed by atoms with E-state index in [0.29, 0.717) is 18.3 Å². The molecule has 1 amide bonds. The Hall–Kier alpha value is -1.79. The topological polar surface area (TPSA) is 66.9 Å². The van der Waals surface area contributed by atoms with Gasteiger partial charge in [0.1, 0.15) is 5.69 Å². The molecule has 0 saturated carbocycles. The summed E-state index contributed by atoms with van der Waals surface area (Å²) in [5, 5.41) is 7.41. The number of aryl methyl sites for hydroxylation is 1. The predicted octanol–water partition coefficient (Wildman–Crippen LogP) is 2.24. The number of hydrogen-bond donors (Lipinski definition) is 2. The Balaban J connectivity index is 1.56. The minimum absolute atomic E-state index is 0.117. The summed E-state index contributed by atoms with van der Waals surface area (Å²) in [6.45, 7) is 3.66. The molecule has 1 unspecified atom stereocenters. The van der Waals surface area contributed by atoms with Crippen molar-refractivity contribution in [2.45, 2.75) is 32.2 Å². The molecule has 0 bridgehead atoms. The average molecular weight is 316 g/mol. The van der Waals surface area contributed by atoms with Gasteiger partial charge < -0.3 is 10.6 Å². The third-order valence-electron chi connectivity index (χ3n) is 3.77. The SMILES string of the molecule is Cc1cnc(CCNC(=O)c2cc(C3CCCN3)ccn2)s1. The van der Waals surface area contributed by atoms with E-state index in [4.69, 9.17) is 0 Å². The number of thiazole rings is 1. The van der Waals surface area contributed by atoms with E-state index in [1.807, 2.05) is 25.3 Å². The van der Waals surface area contributed by atoms with Crippen LogP contribution >= 0.6 is 11.3 Å². The quantitative estimate of drug-likeness (QED) is 0.888. The Bertz CT molecular complexity index is 649. The van der Waals surface area contributed by atoms with Crippen molar-refractivity contribution in [3.63, 3.8) is 0 Å². The van der Waals surface area contributed by atoms with Gasteiger partial charge in [0.05, 0.1) is 5.01 Å². The summed E-state index contributed by atoms with van der Waals surface area (Å²) in [6.07, 6.45) is 6.64. The third kappa shape index (κ3) is 3.69. The lowest BCUT2D eigenvalue weighted by Crippen LogP contribution is -2.27. The molecule has 0 aromatic carbocycles. The molecule has 3 rings (SSSR count). The molecular weight excluding hydrogens is 296 g/mol. The highest BCUT2D eigenvalue weighted by Crippen LogP contribution is 2.22. The summed E-state index contributed by atoms with van der Waals surface area (Å²) >= 11 is 1.67. The lowest BCUT2D eigenvalue weighted by molar-refractivity contribution is 0.0949. The fourth-order valence-corrected chi connectivity index (χ4v) is 3.43. The van der Waals surface area contributed by atoms with Crippen LogP contribution in [0, 0.1) is 6.92 Å². The van der Waals surface area contributed by atoms with Crippen LogP contribution in [-0.4, -0.2) is 29.0 Å². The number of nitrogens with one attached hydrogen (secondary N) is 2. The van der Waals surface area contributed by atoms with Gasteiger partial charge in [0.15, 0.2) is 0 Å². The molecule has 2 aromatic heterocycles. The molecule has 3 heterocycles. The van der Waals surface area contributed by atoms with E-state index in [-0.39, 0.29) is 5.91 Å². The van der Waals surface area contributed by atoms with Gasteiger partial charge in [-0.05, 0) is 44.0 Å². The zero-order chi connectivity index (χ0) is 15.4. The highest BCUT2D eigenvalue weighted by Gasteiger charge is 2.17. The van der Waals surface area contributed by atoms with Gasteiger partial charge >= 0.3 is 0 Å². The first-order chi connectivity index (χ1) is 10.7. The summed E-state index contributed by atoms with van der Waals surface area (Å²) < 4.78 is 0. The third-order valence-corrected chi connectivity index (χ3v) is 4.75. The maximum Gasteiger partial charge on any atom is 0.269 e. The summed E-state index contributed by atoms with van der Waals surface area (Å²) in [6, 6.07) is 4.23. The first-order valence-electron chi connectivity index (χ1n) is 7.61. The lowest BCUT2D eigenvalue weighted by Gasteiger charge is -2.11. The zero-order valence-corrected chi connectivity index (χ0v) is 13.4. The Morgan fingerprint density at radius 3 is 3.14 bits per heavy atom. The van der Waals surface area contributed by atoms with Crippen LogP contribution in [0.15, 0.2) is 24.5 Å². The van der Waals surface area contributed by atoms with Crippen LogP contribution in [0.1, 0.15) is 44.8 Å². The fraction of sp³-hybridized carbons (Fsp3) is 0.438. The molecular formula is C16H20N4OS. The second-order valence-electron chi connectivity index (χ2n) is 5.49. The van der Waals surface area contributed by atoms with Gasteiger partial charge in [-0.15, -0.1) is 11.3 Å². The Morgan fingerprint density at radius 1 is 1.50 bits per heavy atom. The number of nitrogens with zero attached hydrogens (tertiary/aromatic N) is 2. The molecule has 1 aliphatic rings. The summed E-state index contributed by atoms with van der Waals surface area (Å²) in [5.41, 5.74) is 1.63. The Morgan fingerprint density at radius 2 is 2.41 bits per heavy atom. The molecule has 1 saturated heterocycles. The molecule has 2 N–H and O–H groups in total. The van der Waals surface area contributed by atoms with Crippen molar-refractivity contribution in [2.75, 3.05) is 13.1 Å². The van der Waals surface area contributed by atoms with E-state index >= 15 is 0 Å². The van der Waals surface area contributed by atoms with Crippen molar-refractivity contribution in [1.29, 1.82) is 0 Å². The number of carbonyl (C=O) groups is 1. The van der Waals surface area contributed by atoms with E-state index in [9.17, 15) is 4.79 Å². The largest absolute Gasteiger partial charge is 0.350 e. The Kier molecular flexibility index (Phi) is 4.80. The molecule has 1 fully saturated rings. The molecule has 0 radical (unpaired) electrons.